The van der Waals surface area contributed by atoms with E-state index in [1.54, 1.807) is 40.0 Å². The number of ether oxygens (including phenoxy) is 1. The second-order valence-corrected chi connectivity index (χ2v) is 13.0. The molecule has 2 aromatic rings. The monoisotopic (exact) mass is 533 g/mol. The van der Waals surface area contributed by atoms with Crippen LogP contribution < -0.4 is 4.18 Å². The van der Waals surface area contributed by atoms with Gasteiger partial charge in [-0.1, -0.05) is 65.8 Å². The van der Waals surface area contributed by atoms with Crippen molar-refractivity contribution in [1.82, 2.24) is 4.90 Å². The van der Waals surface area contributed by atoms with E-state index < -0.39 is 27.9 Å². The SMILES string of the molecule is CC(C)c1cc(C(C)C)c(S(=O)(=O)Oc2ccc(C(O)CN(C)C(=O)OC(C)(C)C)cc2)c(C(C)C)c1. The summed E-state index contributed by atoms with van der Waals surface area (Å²) < 4.78 is 38.0. The van der Waals surface area contributed by atoms with Crippen LogP contribution in [0.5, 0.6) is 5.75 Å². The predicted molar refractivity (Wildman–Crippen MR) is 147 cm³/mol. The number of aliphatic hydroxyl groups is 1. The van der Waals surface area contributed by atoms with Crippen LogP contribution >= 0.6 is 0 Å². The summed E-state index contributed by atoms with van der Waals surface area (Å²) in [5, 5.41) is 10.6. The summed E-state index contributed by atoms with van der Waals surface area (Å²) in [6.07, 6.45) is -1.52. The van der Waals surface area contributed by atoms with Gasteiger partial charge in [0.2, 0.25) is 0 Å². The Kier molecular flexibility index (Phi) is 9.82. The maximum atomic E-state index is 13.6. The zero-order valence-electron chi connectivity index (χ0n) is 23.8. The first-order valence-electron chi connectivity index (χ1n) is 12.8. The Morgan fingerprint density at radius 3 is 1.78 bits per heavy atom. The van der Waals surface area contributed by atoms with Crippen LogP contribution in [0, 0.1) is 0 Å². The minimum atomic E-state index is -4.12. The molecular weight excluding hydrogens is 490 g/mol. The van der Waals surface area contributed by atoms with Crippen molar-refractivity contribution >= 4 is 16.2 Å². The molecule has 37 heavy (non-hydrogen) atoms. The molecule has 1 N–H and O–H groups in total. The van der Waals surface area contributed by atoms with Crippen molar-refractivity contribution in [3.8, 4) is 5.75 Å². The Bertz CT molecular complexity index is 1150. The largest absolute Gasteiger partial charge is 0.444 e. The molecule has 0 aromatic heterocycles. The number of rotatable bonds is 9. The fourth-order valence-corrected chi connectivity index (χ4v) is 5.49. The Balaban J connectivity index is 2.30. The number of carbonyl (C=O) groups excluding carboxylic acids is 1. The van der Waals surface area contributed by atoms with Gasteiger partial charge in [-0.3, -0.25) is 0 Å². The second-order valence-electron chi connectivity index (χ2n) is 11.5. The van der Waals surface area contributed by atoms with E-state index in [1.807, 2.05) is 39.8 Å². The highest BCUT2D eigenvalue weighted by Crippen LogP contribution is 2.36. The number of carbonyl (C=O) groups is 1. The number of amides is 1. The zero-order chi connectivity index (χ0) is 28.3. The molecule has 206 valence electrons. The molecule has 0 bridgehead atoms. The average Bonchev–Trinajstić information content (AvgIpc) is 2.76. The number of hydrogen-bond donors (Lipinski definition) is 1. The van der Waals surface area contributed by atoms with E-state index in [1.165, 1.54) is 17.0 Å². The van der Waals surface area contributed by atoms with Crippen molar-refractivity contribution in [2.75, 3.05) is 13.6 Å². The number of benzene rings is 2. The van der Waals surface area contributed by atoms with E-state index >= 15 is 0 Å². The summed E-state index contributed by atoms with van der Waals surface area (Å²) in [6, 6.07) is 10.1. The van der Waals surface area contributed by atoms with Gasteiger partial charge in [-0.25, -0.2) is 4.79 Å². The smallest absolute Gasteiger partial charge is 0.410 e. The minimum absolute atomic E-state index is 0.0101. The summed E-state index contributed by atoms with van der Waals surface area (Å²) in [5.41, 5.74) is 2.47. The molecule has 0 fully saturated rings. The van der Waals surface area contributed by atoms with Crippen molar-refractivity contribution in [1.29, 1.82) is 0 Å². The van der Waals surface area contributed by atoms with Gasteiger partial charge in [0.05, 0.1) is 12.6 Å². The molecule has 8 heteroatoms. The highest BCUT2D eigenvalue weighted by molar-refractivity contribution is 7.87. The molecule has 0 aliphatic carbocycles. The first kappa shape index (κ1) is 30.6. The van der Waals surface area contributed by atoms with Gasteiger partial charge >= 0.3 is 16.2 Å². The summed E-state index contributed by atoms with van der Waals surface area (Å²) in [5.74, 6) is 0.392. The standard InChI is InChI=1S/C29H43NO6S/c1-18(2)22-15-24(19(3)4)27(25(16-22)20(5)6)37(33,34)36-23-13-11-21(12-14-23)26(31)17-30(10)28(32)35-29(7,8)9/h11-16,18-20,26,31H,17H2,1-10H3. The molecule has 1 amide bonds. The van der Waals surface area contributed by atoms with Gasteiger partial charge in [-0.2, -0.15) is 8.42 Å². The van der Waals surface area contributed by atoms with Crippen molar-refractivity contribution in [2.45, 2.75) is 96.7 Å². The van der Waals surface area contributed by atoms with Crippen LogP contribution in [0.25, 0.3) is 0 Å². The van der Waals surface area contributed by atoms with E-state index in [-0.39, 0.29) is 34.9 Å². The maximum Gasteiger partial charge on any atom is 0.410 e. The van der Waals surface area contributed by atoms with Gasteiger partial charge in [0.15, 0.2) is 0 Å². The molecule has 7 nitrogen and oxygen atoms in total. The van der Waals surface area contributed by atoms with Crippen molar-refractivity contribution < 1.29 is 27.2 Å². The number of aliphatic hydroxyl groups excluding tert-OH is 1. The van der Waals surface area contributed by atoms with Gasteiger partial charge in [-0.15, -0.1) is 0 Å². The molecule has 0 spiro atoms. The molecular formula is C29H43NO6S. The quantitative estimate of drug-likeness (QED) is 0.360. The molecule has 0 radical (unpaired) electrons. The first-order chi connectivity index (χ1) is 16.9. The minimum Gasteiger partial charge on any atom is -0.444 e. The van der Waals surface area contributed by atoms with Gasteiger partial charge in [0, 0.05) is 7.05 Å². The fraction of sp³-hybridized carbons (Fsp3) is 0.552. The summed E-state index contributed by atoms with van der Waals surface area (Å²) >= 11 is 0. The van der Waals surface area contributed by atoms with Crippen molar-refractivity contribution in [2.24, 2.45) is 0 Å². The first-order valence-corrected chi connectivity index (χ1v) is 14.2. The lowest BCUT2D eigenvalue weighted by Crippen LogP contribution is -2.36. The Morgan fingerprint density at radius 1 is 0.892 bits per heavy atom. The van der Waals surface area contributed by atoms with Crippen LogP contribution in [0.2, 0.25) is 0 Å². The molecule has 1 atom stereocenters. The van der Waals surface area contributed by atoms with E-state index in [0.29, 0.717) is 5.56 Å². The molecule has 2 rings (SSSR count). The van der Waals surface area contributed by atoms with Crippen LogP contribution in [0.15, 0.2) is 41.3 Å². The fourth-order valence-electron chi connectivity index (χ4n) is 3.87. The normalized spacial score (nSPS) is 13.2. The van der Waals surface area contributed by atoms with Crippen molar-refractivity contribution in [3.05, 3.63) is 58.7 Å². The van der Waals surface area contributed by atoms with Crippen LogP contribution in [-0.2, 0) is 14.9 Å². The Morgan fingerprint density at radius 2 is 1.38 bits per heavy atom. The van der Waals surface area contributed by atoms with E-state index in [0.717, 1.165) is 16.7 Å². The molecule has 2 aromatic carbocycles. The summed E-state index contributed by atoms with van der Waals surface area (Å²) in [7, 11) is -2.57. The maximum absolute atomic E-state index is 13.6. The highest BCUT2D eigenvalue weighted by atomic mass is 32.2. The third kappa shape index (κ3) is 8.20. The highest BCUT2D eigenvalue weighted by Gasteiger charge is 2.29. The van der Waals surface area contributed by atoms with E-state index in [4.69, 9.17) is 8.92 Å². The number of likely N-dealkylation sites (N-methyl/N-ethyl adjacent to an activating group) is 1. The zero-order valence-corrected chi connectivity index (χ0v) is 24.6. The number of hydrogen-bond acceptors (Lipinski definition) is 6. The molecule has 0 aliphatic rings. The summed E-state index contributed by atoms with van der Waals surface area (Å²) in [6.45, 7) is 17.4. The van der Waals surface area contributed by atoms with Crippen LogP contribution in [-0.4, -0.2) is 43.7 Å². The molecule has 1 unspecified atom stereocenters. The van der Waals surface area contributed by atoms with Gasteiger partial charge in [0.1, 0.15) is 16.2 Å². The average molecular weight is 534 g/mol. The lowest BCUT2D eigenvalue weighted by molar-refractivity contribution is 0.0205. The van der Waals surface area contributed by atoms with Gasteiger partial charge < -0.3 is 18.9 Å². The van der Waals surface area contributed by atoms with Crippen molar-refractivity contribution in [3.63, 3.8) is 0 Å². The lowest BCUT2D eigenvalue weighted by atomic mass is 9.89. The molecule has 0 saturated heterocycles. The van der Waals surface area contributed by atoms with Crippen LogP contribution in [0.1, 0.15) is 108 Å². The third-order valence-electron chi connectivity index (χ3n) is 5.95. The van der Waals surface area contributed by atoms with Crippen LogP contribution in [0.4, 0.5) is 4.79 Å². The van der Waals surface area contributed by atoms with E-state index in [9.17, 15) is 18.3 Å². The number of nitrogens with zero attached hydrogens (tertiary/aromatic N) is 1. The predicted octanol–water partition coefficient (Wildman–Crippen LogP) is 6.72. The Labute approximate surface area is 222 Å². The van der Waals surface area contributed by atoms with Gasteiger partial charge in [0.25, 0.3) is 0 Å². The Hall–Kier alpha value is -2.58. The second kappa shape index (κ2) is 11.9. The topological polar surface area (TPSA) is 93.1 Å². The molecule has 0 heterocycles. The van der Waals surface area contributed by atoms with E-state index in [2.05, 4.69) is 13.8 Å². The van der Waals surface area contributed by atoms with Crippen LogP contribution in [0.3, 0.4) is 0 Å². The molecule has 0 saturated carbocycles. The summed E-state index contributed by atoms with van der Waals surface area (Å²) in [4.78, 5) is 13.7. The molecule has 0 aliphatic heterocycles. The third-order valence-corrected chi connectivity index (χ3v) is 7.34. The lowest BCUT2D eigenvalue weighted by Gasteiger charge is -2.26. The van der Waals surface area contributed by atoms with Gasteiger partial charge in [-0.05, 0) is 72.9 Å².